The van der Waals surface area contributed by atoms with Crippen LogP contribution in [0.25, 0.3) is 22.3 Å². The summed E-state index contributed by atoms with van der Waals surface area (Å²) in [7, 11) is 1.66. The molecule has 0 aromatic heterocycles. The normalized spacial score (nSPS) is 12.1. The Morgan fingerprint density at radius 1 is 0.667 bits per heavy atom. The van der Waals surface area contributed by atoms with E-state index in [4.69, 9.17) is 9.47 Å². The molecule has 0 aliphatic heterocycles. The maximum Gasteiger partial charge on any atom is 0.183 e. The van der Waals surface area contributed by atoms with Crippen LogP contribution in [0.2, 0.25) is 0 Å². The Bertz CT molecular complexity index is 746. The molecule has 0 aliphatic rings. The molecule has 1 unspecified atom stereocenters. The van der Waals surface area contributed by atoms with Crippen LogP contribution in [-0.2, 0) is 9.47 Å². The average Bonchev–Trinajstić information content (AvgIpc) is 2.67. The smallest absolute Gasteiger partial charge is 0.183 e. The summed E-state index contributed by atoms with van der Waals surface area (Å²) in [5.74, 6) is 0. The zero-order valence-corrected chi connectivity index (χ0v) is 14.1. The Balaban J connectivity index is 1.79. The highest BCUT2D eigenvalue weighted by Crippen LogP contribution is 2.26. The second-order valence-electron chi connectivity index (χ2n) is 5.59. The Labute approximate surface area is 143 Å². The maximum absolute atomic E-state index is 5.57. The molecule has 24 heavy (non-hydrogen) atoms. The third-order valence-corrected chi connectivity index (χ3v) is 4.04. The van der Waals surface area contributed by atoms with Gasteiger partial charge in [0.15, 0.2) is 6.29 Å². The van der Waals surface area contributed by atoms with E-state index < -0.39 is 0 Å². The van der Waals surface area contributed by atoms with Crippen LogP contribution in [-0.4, -0.2) is 13.7 Å². The predicted octanol–water partition coefficient (Wildman–Crippen LogP) is 5.70. The van der Waals surface area contributed by atoms with Gasteiger partial charge in [0.25, 0.3) is 0 Å². The monoisotopic (exact) mass is 318 g/mol. The SMILES string of the molecule is CCOC(OC)c1ccc(-c2ccc(-c3ccccc3)cc2)cc1. The molecule has 0 bridgehead atoms. The summed E-state index contributed by atoms with van der Waals surface area (Å²) in [6.45, 7) is 2.59. The summed E-state index contributed by atoms with van der Waals surface area (Å²) < 4.78 is 10.9. The topological polar surface area (TPSA) is 18.5 Å². The quantitative estimate of drug-likeness (QED) is 0.543. The van der Waals surface area contributed by atoms with Gasteiger partial charge in [0.05, 0.1) is 0 Å². The van der Waals surface area contributed by atoms with Crippen LogP contribution in [0.3, 0.4) is 0 Å². The summed E-state index contributed by atoms with van der Waals surface area (Å²) in [6.07, 6.45) is -0.301. The van der Waals surface area contributed by atoms with E-state index >= 15 is 0 Å². The number of hydrogen-bond donors (Lipinski definition) is 0. The van der Waals surface area contributed by atoms with Gasteiger partial charge in [0.2, 0.25) is 0 Å². The van der Waals surface area contributed by atoms with E-state index in [2.05, 4.69) is 72.8 Å². The summed E-state index contributed by atoms with van der Waals surface area (Å²) in [4.78, 5) is 0. The van der Waals surface area contributed by atoms with Gasteiger partial charge in [-0.15, -0.1) is 0 Å². The minimum Gasteiger partial charge on any atom is -0.352 e. The molecule has 2 heteroatoms. The first-order chi connectivity index (χ1) is 11.8. The minimum atomic E-state index is -0.301. The zero-order valence-electron chi connectivity index (χ0n) is 14.1. The van der Waals surface area contributed by atoms with E-state index in [1.165, 1.54) is 22.3 Å². The molecule has 3 rings (SSSR count). The first-order valence-electron chi connectivity index (χ1n) is 8.22. The van der Waals surface area contributed by atoms with Crippen molar-refractivity contribution in [3.63, 3.8) is 0 Å². The number of hydrogen-bond acceptors (Lipinski definition) is 2. The fourth-order valence-electron chi connectivity index (χ4n) is 2.77. The third-order valence-electron chi connectivity index (χ3n) is 4.04. The fraction of sp³-hybridized carbons (Fsp3) is 0.182. The molecule has 0 N–H and O–H groups in total. The van der Waals surface area contributed by atoms with Crippen LogP contribution in [0.4, 0.5) is 0 Å². The van der Waals surface area contributed by atoms with E-state index in [9.17, 15) is 0 Å². The Morgan fingerprint density at radius 3 is 1.58 bits per heavy atom. The van der Waals surface area contributed by atoms with Crippen molar-refractivity contribution in [2.75, 3.05) is 13.7 Å². The Kier molecular flexibility index (Phi) is 5.42. The highest BCUT2D eigenvalue weighted by Gasteiger charge is 2.09. The van der Waals surface area contributed by atoms with Crippen LogP contribution < -0.4 is 0 Å². The van der Waals surface area contributed by atoms with Crippen molar-refractivity contribution >= 4 is 0 Å². The summed E-state index contributed by atoms with van der Waals surface area (Å²) in [6, 6.07) is 27.4. The second-order valence-corrected chi connectivity index (χ2v) is 5.59. The van der Waals surface area contributed by atoms with Crippen LogP contribution in [0.1, 0.15) is 18.8 Å². The van der Waals surface area contributed by atoms with E-state index in [1.807, 2.05) is 13.0 Å². The van der Waals surface area contributed by atoms with Crippen molar-refractivity contribution in [1.82, 2.24) is 0 Å². The molecule has 0 fully saturated rings. The number of rotatable bonds is 6. The number of methoxy groups -OCH3 is 1. The van der Waals surface area contributed by atoms with Crippen molar-refractivity contribution in [2.45, 2.75) is 13.2 Å². The first kappa shape index (κ1) is 16.4. The largest absolute Gasteiger partial charge is 0.352 e. The Morgan fingerprint density at radius 2 is 1.12 bits per heavy atom. The van der Waals surface area contributed by atoms with E-state index in [1.54, 1.807) is 7.11 Å². The van der Waals surface area contributed by atoms with E-state index in [0.29, 0.717) is 6.61 Å². The van der Waals surface area contributed by atoms with Gasteiger partial charge in [-0.25, -0.2) is 0 Å². The summed E-state index contributed by atoms with van der Waals surface area (Å²) >= 11 is 0. The lowest BCUT2D eigenvalue weighted by molar-refractivity contribution is -0.124. The van der Waals surface area contributed by atoms with Gasteiger partial charge >= 0.3 is 0 Å². The molecule has 1 atom stereocenters. The molecule has 2 nitrogen and oxygen atoms in total. The summed E-state index contributed by atoms with van der Waals surface area (Å²) in [5, 5.41) is 0. The molecular formula is C22H22O2. The van der Waals surface area contributed by atoms with Crippen molar-refractivity contribution in [3.05, 3.63) is 84.4 Å². The Hall–Kier alpha value is -2.42. The van der Waals surface area contributed by atoms with Crippen molar-refractivity contribution in [3.8, 4) is 22.3 Å². The van der Waals surface area contributed by atoms with Gasteiger partial charge in [0, 0.05) is 19.3 Å². The lowest BCUT2D eigenvalue weighted by Gasteiger charge is -2.15. The van der Waals surface area contributed by atoms with Crippen LogP contribution in [0, 0.1) is 0 Å². The van der Waals surface area contributed by atoms with Gasteiger partial charge in [-0.1, -0.05) is 78.9 Å². The molecule has 3 aromatic carbocycles. The zero-order chi connectivity index (χ0) is 16.8. The molecule has 0 aliphatic carbocycles. The minimum absolute atomic E-state index is 0.301. The van der Waals surface area contributed by atoms with Crippen molar-refractivity contribution in [2.24, 2.45) is 0 Å². The first-order valence-corrected chi connectivity index (χ1v) is 8.22. The van der Waals surface area contributed by atoms with E-state index in [-0.39, 0.29) is 6.29 Å². The van der Waals surface area contributed by atoms with Crippen molar-refractivity contribution in [1.29, 1.82) is 0 Å². The standard InChI is InChI=1S/C22H22O2/c1-3-24-22(23-2)21-15-13-20(14-16-21)19-11-9-18(10-12-19)17-7-5-4-6-8-17/h4-16,22H,3H2,1-2H3. The number of ether oxygens (including phenoxy) is 2. The number of benzene rings is 3. The fourth-order valence-corrected chi connectivity index (χ4v) is 2.77. The molecule has 0 saturated carbocycles. The van der Waals surface area contributed by atoms with Crippen LogP contribution in [0.15, 0.2) is 78.9 Å². The van der Waals surface area contributed by atoms with Gasteiger partial charge in [-0.2, -0.15) is 0 Å². The molecule has 0 radical (unpaired) electrons. The predicted molar refractivity (Wildman–Crippen MR) is 98.7 cm³/mol. The van der Waals surface area contributed by atoms with Gasteiger partial charge < -0.3 is 9.47 Å². The van der Waals surface area contributed by atoms with Crippen LogP contribution >= 0.6 is 0 Å². The summed E-state index contributed by atoms with van der Waals surface area (Å²) in [5.41, 5.74) is 5.88. The molecule has 122 valence electrons. The molecule has 3 aromatic rings. The molecule has 0 heterocycles. The lowest BCUT2D eigenvalue weighted by Crippen LogP contribution is -2.06. The third kappa shape index (κ3) is 3.73. The molecule has 0 amide bonds. The van der Waals surface area contributed by atoms with Gasteiger partial charge in [0.1, 0.15) is 0 Å². The van der Waals surface area contributed by atoms with Gasteiger partial charge in [-0.05, 0) is 29.2 Å². The maximum atomic E-state index is 5.57. The lowest BCUT2D eigenvalue weighted by atomic mass is 9.99. The molecule has 0 saturated heterocycles. The van der Waals surface area contributed by atoms with Crippen molar-refractivity contribution < 1.29 is 9.47 Å². The second kappa shape index (κ2) is 7.91. The highest BCUT2D eigenvalue weighted by molar-refractivity contribution is 5.70. The average molecular weight is 318 g/mol. The molecule has 0 spiro atoms. The molecular weight excluding hydrogens is 296 g/mol. The van der Waals surface area contributed by atoms with E-state index in [0.717, 1.165) is 5.56 Å². The highest BCUT2D eigenvalue weighted by atomic mass is 16.7. The van der Waals surface area contributed by atoms with Gasteiger partial charge in [-0.3, -0.25) is 0 Å². The van der Waals surface area contributed by atoms with Crippen LogP contribution in [0.5, 0.6) is 0 Å².